The summed E-state index contributed by atoms with van der Waals surface area (Å²) in [5.41, 5.74) is -1.65. The first-order valence-electron chi connectivity index (χ1n) is 6.20. The highest BCUT2D eigenvalue weighted by atomic mass is 35.5. The molecule has 2 N–H and O–H groups in total. The number of nitro groups is 1. The number of aliphatic hydroxyl groups is 1. The number of carbonyl (C=O) groups is 1. The number of amides is 1. The molecule has 1 aromatic carbocycles. The highest BCUT2D eigenvalue weighted by Gasteiger charge is 2.24. The van der Waals surface area contributed by atoms with E-state index in [2.05, 4.69) is 5.32 Å². The van der Waals surface area contributed by atoms with Gasteiger partial charge in [-0.25, -0.2) is 0 Å². The van der Waals surface area contributed by atoms with Crippen molar-refractivity contribution < 1.29 is 19.6 Å². The number of methoxy groups -OCH3 is 1. The number of ether oxygens (including phenoxy) is 1. The molecule has 0 saturated heterocycles. The standard InChI is InChI=1S/C13H17ClN2O5/c1-13(18,5-6-21-2)8-15-12(17)10-7-9(14)3-4-11(10)16(19)20/h3-4,7,18H,5-6,8H2,1-2H3,(H,15,17). The van der Waals surface area contributed by atoms with Crippen LogP contribution in [0, 0.1) is 10.1 Å². The Labute approximate surface area is 127 Å². The number of carbonyl (C=O) groups excluding carboxylic acids is 1. The Morgan fingerprint density at radius 2 is 2.24 bits per heavy atom. The Morgan fingerprint density at radius 1 is 1.57 bits per heavy atom. The molecule has 1 aromatic rings. The molecule has 0 saturated carbocycles. The second-order valence-electron chi connectivity index (χ2n) is 4.84. The van der Waals surface area contributed by atoms with Gasteiger partial charge in [-0.3, -0.25) is 14.9 Å². The molecule has 7 nitrogen and oxygen atoms in total. The van der Waals surface area contributed by atoms with Crippen LogP contribution in [0.1, 0.15) is 23.7 Å². The van der Waals surface area contributed by atoms with E-state index in [1.165, 1.54) is 25.3 Å². The molecule has 0 fully saturated rings. The lowest BCUT2D eigenvalue weighted by atomic mass is 10.0. The van der Waals surface area contributed by atoms with Crippen LogP contribution in [0.5, 0.6) is 0 Å². The molecule has 1 amide bonds. The molecule has 0 aliphatic heterocycles. The van der Waals surface area contributed by atoms with Crippen LogP contribution in [0.15, 0.2) is 18.2 Å². The van der Waals surface area contributed by atoms with Crippen molar-refractivity contribution in [3.05, 3.63) is 38.9 Å². The predicted octanol–water partition coefficient (Wildman–Crippen LogP) is 1.77. The van der Waals surface area contributed by atoms with Gasteiger partial charge < -0.3 is 15.2 Å². The second kappa shape index (κ2) is 7.35. The van der Waals surface area contributed by atoms with E-state index in [0.29, 0.717) is 13.0 Å². The van der Waals surface area contributed by atoms with Gasteiger partial charge in [0.2, 0.25) is 0 Å². The molecular formula is C13H17ClN2O5. The van der Waals surface area contributed by atoms with Crippen molar-refractivity contribution in [2.24, 2.45) is 0 Å². The summed E-state index contributed by atoms with van der Waals surface area (Å²) >= 11 is 5.76. The van der Waals surface area contributed by atoms with E-state index in [1.54, 1.807) is 6.92 Å². The van der Waals surface area contributed by atoms with Crippen LogP contribution in [0.4, 0.5) is 5.69 Å². The van der Waals surface area contributed by atoms with Gasteiger partial charge in [0.05, 0.1) is 10.5 Å². The molecule has 1 unspecified atom stereocenters. The Hall–Kier alpha value is -1.70. The molecular weight excluding hydrogens is 300 g/mol. The Morgan fingerprint density at radius 3 is 2.81 bits per heavy atom. The number of hydrogen-bond acceptors (Lipinski definition) is 5. The summed E-state index contributed by atoms with van der Waals surface area (Å²) < 4.78 is 4.86. The molecule has 8 heteroatoms. The highest BCUT2D eigenvalue weighted by molar-refractivity contribution is 6.31. The van der Waals surface area contributed by atoms with E-state index in [4.69, 9.17) is 16.3 Å². The molecule has 0 aliphatic rings. The molecule has 21 heavy (non-hydrogen) atoms. The maximum atomic E-state index is 12.0. The molecule has 116 valence electrons. The van der Waals surface area contributed by atoms with E-state index in [-0.39, 0.29) is 22.8 Å². The molecule has 0 aromatic heterocycles. The SMILES string of the molecule is COCCC(C)(O)CNC(=O)c1cc(Cl)ccc1[N+](=O)[O-]. The summed E-state index contributed by atoms with van der Waals surface area (Å²) in [6, 6.07) is 3.73. The average Bonchev–Trinajstić information content (AvgIpc) is 2.42. The van der Waals surface area contributed by atoms with E-state index in [0.717, 1.165) is 0 Å². The number of rotatable bonds is 7. The Bertz CT molecular complexity index is 533. The third-order valence-electron chi connectivity index (χ3n) is 2.87. The van der Waals surface area contributed by atoms with Gasteiger partial charge in [0.25, 0.3) is 11.6 Å². The van der Waals surface area contributed by atoms with Crippen LogP contribution in [0.25, 0.3) is 0 Å². The molecule has 0 heterocycles. The summed E-state index contributed by atoms with van der Waals surface area (Å²) in [6.07, 6.45) is 0.321. The highest BCUT2D eigenvalue weighted by Crippen LogP contribution is 2.22. The maximum absolute atomic E-state index is 12.0. The fraction of sp³-hybridized carbons (Fsp3) is 0.462. The van der Waals surface area contributed by atoms with Crippen LogP contribution < -0.4 is 5.32 Å². The van der Waals surface area contributed by atoms with Crippen molar-refractivity contribution in [3.8, 4) is 0 Å². The number of nitro benzene ring substituents is 1. The fourth-order valence-corrected chi connectivity index (χ4v) is 1.80. The molecule has 1 rings (SSSR count). The van der Waals surface area contributed by atoms with Crippen molar-refractivity contribution >= 4 is 23.2 Å². The minimum absolute atomic E-state index is 0.0567. The van der Waals surface area contributed by atoms with Crippen molar-refractivity contribution in [2.75, 3.05) is 20.3 Å². The molecule has 0 aliphatic carbocycles. The molecule has 0 bridgehead atoms. The first-order chi connectivity index (χ1) is 9.76. The smallest absolute Gasteiger partial charge is 0.282 e. The van der Waals surface area contributed by atoms with E-state index in [9.17, 15) is 20.0 Å². The van der Waals surface area contributed by atoms with Gasteiger partial charge in [-0.15, -0.1) is 0 Å². The minimum atomic E-state index is -1.17. The first-order valence-corrected chi connectivity index (χ1v) is 6.58. The van der Waals surface area contributed by atoms with Crippen LogP contribution in [0.3, 0.4) is 0 Å². The normalized spacial score (nSPS) is 13.5. The van der Waals surface area contributed by atoms with Crippen molar-refractivity contribution in [1.29, 1.82) is 0 Å². The Kier molecular flexibility index (Phi) is 6.07. The van der Waals surface area contributed by atoms with Crippen LogP contribution in [-0.2, 0) is 4.74 Å². The van der Waals surface area contributed by atoms with Crippen molar-refractivity contribution in [3.63, 3.8) is 0 Å². The number of nitrogens with zero attached hydrogens (tertiary/aromatic N) is 1. The lowest BCUT2D eigenvalue weighted by molar-refractivity contribution is -0.385. The van der Waals surface area contributed by atoms with E-state index >= 15 is 0 Å². The number of hydrogen-bond donors (Lipinski definition) is 2. The number of halogens is 1. The monoisotopic (exact) mass is 316 g/mol. The zero-order chi connectivity index (χ0) is 16.0. The lowest BCUT2D eigenvalue weighted by Gasteiger charge is -2.23. The number of nitrogens with one attached hydrogen (secondary N) is 1. The Balaban J connectivity index is 2.80. The molecule has 1 atom stereocenters. The zero-order valence-electron chi connectivity index (χ0n) is 11.8. The van der Waals surface area contributed by atoms with Gasteiger partial charge in [-0.2, -0.15) is 0 Å². The van der Waals surface area contributed by atoms with Crippen molar-refractivity contribution in [2.45, 2.75) is 18.9 Å². The third kappa shape index (κ3) is 5.30. The van der Waals surface area contributed by atoms with Crippen LogP contribution in [0.2, 0.25) is 5.02 Å². The van der Waals surface area contributed by atoms with Crippen LogP contribution in [-0.4, -0.2) is 41.8 Å². The predicted molar refractivity (Wildman–Crippen MR) is 77.6 cm³/mol. The quantitative estimate of drug-likeness (QED) is 0.589. The largest absolute Gasteiger partial charge is 0.388 e. The fourth-order valence-electron chi connectivity index (χ4n) is 1.63. The summed E-state index contributed by atoms with van der Waals surface area (Å²) in [6.45, 7) is 1.82. The molecule has 0 spiro atoms. The summed E-state index contributed by atoms with van der Waals surface area (Å²) in [7, 11) is 1.50. The minimum Gasteiger partial charge on any atom is -0.388 e. The first kappa shape index (κ1) is 17.4. The lowest BCUT2D eigenvalue weighted by Crippen LogP contribution is -2.41. The van der Waals surface area contributed by atoms with Crippen molar-refractivity contribution in [1.82, 2.24) is 5.32 Å². The van der Waals surface area contributed by atoms with Gasteiger partial charge in [-0.05, 0) is 19.1 Å². The maximum Gasteiger partial charge on any atom is 0.282 e. The summed E-state index contributed by atoms with van der Waals surface area (Å²) in [5, 5.41) is 23.6. The average molecular weight is 317 g/mol. The molecule has 0 radical (unpaired) electrons. The summed E-state index contributed by atoms with van der Waals surface area (Å²) in [4.78, 5) is 22.3. The van der Waals surface area contributed by atoms with Gasteiger partial charge >= 0.3 is 0 Å². The van der Waals surface area contributed by atoms with Gasteiger partial charge in [0, 0.05) is 37.8 Å². The third-order valence-corrected chi connectivity index (χ3v) is 3.11. The van der Waals surface area contributed by atoms with Crippen LogP contribution >= 0.6 is 11.6 Å². The topological polar surface area (TPSA) is 102 Å². The number of benzene rings is 1. The van der Waals surface area contributed by atoms with Gasteiger partial charge in [0.15, 0.2) is 0 Å². The summed E-state index contributed by atoms with van der Waals surface area (Å²) in [5.74, 6) is -0.665. The van der Waals surface area contributed by atoms with E-state index in [1.807, 2.05) is 0 Å². The van der Waals surface area contributed by atoms with Gasteiger partial charge in [-0.1, -0.05) is 11.6 Å². The second-order valence-corrected chi connectivity index (χ2v) is 5.28. The van der Waals surface area contributed by atoms with Gasteiger partial charge in [0.1, 0.15) is 5.56 Å². The zero-order valence-corrected chi connectivity index (χ0v) is 12.5. The van der Waals surface area contributed by atoms with E-state index < -0.39 is 16.4 Å².